The number of carboxylic acid groups (broad SMARTS) is 1. The molecule has 11 heteroatoms. The van der Waals surface area contributed by atoms with Crippen molar-refractivity contribution >= 4 is 55.9 Å². The Hall–Kier alpha value is -3.18. The molecule has 6 nitrogen and oxygen atoms in total. The smallest absolute Gasteiger partial charge is 0.417 e. The number of fused-ring (bicyclic) bond motifs is 1. The fraction of sp³-hybridized carbons (Fsp3) is 0.0952. The van der Waals surface area contributed by atoms with Gasteiger partial charge < -0.3 is 14.8 Å². The second kappa shape index (κ2) is 8.06. The lowest BCUT2D eigenvalue weighted by Crippen LogP contribution is -2.13. The highest BCUT2D eigenvalue weighted by atomic mass is 79.9. The molecule has 4 rings (SSSR count). The Kier molecular flexibility index (Phi) is 5.55. The first kappa shape index (κ1) is 22.0. The quantitative estimate of drug-likeness (QED) is 0.314. The van der Waals surface area contributed by atoms with Crippen LogP contribution in [0.15, 0.2) is 50.7 Å². The number of alkyl halides is 3. The summed E-state index contributed by atoms with van der Waals surface area (Å²) in [4.78, 5) is 28.9. The molecule has 3 aromatic heterocycles. The molecule has 1 aromatic carbocycles. The zero-order valence-corrected chi connectivity index (χ0v) is 18.5. The van der Waals surface area contributed by atoms with Crippen molar-refractivity contribution in [3.05, 3.63) is 68.8 Å². The minimum Gasteiger partial charge on any atom is -0.478 e. The minimum atomic E-state index is -4.66. The van der Waals surface area contributed by atoms with E-state index in [9.17, 15) is 27.9 Å². The van der Waals surface area contributed by atoms with Crippen LogP contribution in [0.4, 0.5) is 18.9 Å². The first-order valence-electron chi connectivity index (χ1n) is 8.95. The second-order valence-corrected chi connectivity index (χ2v) is 8.55. The van der Waals surface area contributed by atoms with Crippen molar-refractivity contribution in [3.8, 4) is 10.4 Å². The molecule has 0 aliphatic carbocycles. The number of thiophene rings is 1. The number of aromatic carboxylic acids is 1. The molecule has 0 radical (unpaired) electrons. The summed E-state index contributed by atoms with van der Waals surface area (Å²) in [6, 6.07) is 8.76. The van der Waals surface area contributed by atoms with Crippen LogP contribution in [0.3, 0.4) is 0 Å². The predicted molar refractivity (Wildman–Crippen MR) is 116 cm³/mol. The predicted octanol–water partition coefficient (Wildman–Crippen LogP) is 6.60. The molecule has 0 aliphatic rings. The molecular weight excluding hydrogens is 513 g/mol. The van der Waals surface area contributed by atoms with Gasteiger partial charge in [0, 0.05) is 15.5 Å². The Morgan fingerprint density at radius 2 is 1.88 bits per heavy atom. The van der Waals surface area contributed by atoms with Gasteiger partial charge in [0.05, 0.1) is 21.5 Å². The number of carbonyl (C=O) groups is 2. The van der Waals surface area contributed by atoms with Gasteiger partial charge in [-0.25, -0.2) is 9.78 Å². The highest BCUT2D eigenvalue weighted by molar-refractivity contribution is 9.10. The largest absolute Gasteiger partial charge is 0.478 e. The summed E-state index contributed by atoms with van der Waals surface area (Å²) in [6.07, 6.45) is -4.66. The molecule has 0 saturated carbocycles. The summed E-state index contributed by atoms with van der Waals surface area (Å²) in [6.45, 7) is 1.38. The number of benzene rings is 1. The number of hydrogen-bond donors (Lipinski definition) is 2. The van der Waals surface area contributed by atoms with Crippen molar-refractivity contribution in [1.82, 2.24) is 4.98 Å². The maximum Gasteiger partial charge on any atom is 0.417 e. The molecule has 0 bridgehead atoms. The van der Waals surface area contributed by atoms with Crippen molar-refractivity contribution in [2.75, 3.05) is 5.32 Å². The van der Waals surface area contributed by atoms with Gasteiger partial charge in [-0.1, -0.05) is 28.1 Å². The number of amides is 1. The topological polar surface area (TPSA) is 92.4 Å². The number of nitrogens with one attached hydrogen (secondary N) is 1. The highest BCUT2D eigenvalue weighted by Crippen LogP contribution is 2.38. The van der Waals surface area contributed by atoms with Gasteiger partial charge >= 0.3 is 12.1 Å². The summed E-state index contributed by atoms with van der Waals surface area (Å²) in [5.41, 5.74) is -0.715. The van der Waals surface area contributed by atoms with Gasteiger partial charge in [0.2, 0.25) is 5.71 Å². The molecule has 0 fully saturated rings. The van der Waals surface area contributed by atoms with Crippen LogP contribution < -0.4 is 5.32 Å². The minimum absolute atomic E-state index is 0.00561. The SMILES string of the molecule is Cc1cc(C(F)(F)F)c2cc(C(=O)Nc3csc(-c4ccc(Br)cc4)c3C(=O)O)oc2n1. The monoisotopic (exact) mass is 524 g/mol. The summed E-state index contributed by atoms with van der Waals surface area (Å²) < 4.78 is 46.1. The Balaban J connectivity index is 1.71. The van der Waals surface area contributed by atoms with E-state index in [1.807, 2.05) is 0 Å². The van der Waals surface area contributed by atoms with E-state index in [1.165, 1.54) is 12.3 Å². The van der Waals surface area contributed by atoms with Crippen molar-refractivity contribution in [3.63, 3.8) is 0 Å². The third-order valence-corrected chi connectivity index (χ3v) is 6.08. The molecule has 32 heavy (non-hydrogen) atoms. The molecule has 164 valence electrons. The number of anilines is 1. The molecule has 0 saturated heterocycles. The number of rotatable bonds is 4. The number of halogens is 4. The summed E-state index contributed by atoms with van der Waals surface area (Å²) in [5.74, 6) is -2.58. The average Bonchev–Trinajstić information content (AvgIpc) is 3.31. The van der Waals surface area contributed by atoms with Crippen LogP contribution in [0.1, 0.15) is 32.2 Å². The van der Waals surface area contributed by atoms with Crippen LogP contribution in [0.5, 0.6) is 0 Å². The molecule has 0 spiro atoms. The first-order chi connectivity index (χ1) is 15.0. The highest BCUT2D eigenvalue weighted by Gasteiger charge is 2.35. The number of aromatic nitrogens is 1. The van der Waals surface area contributed by atoms with Crippen LogP contribution in [-0.2, 0) is 6.18 Å². The molecule has 0 aliphatic heterocycles. The number of pyridine rings is 1. The number of carboxylic acids is 1. The first-order valence-corrected chi connectivity index (χ1v) is 10.6. The van der Waals surface area contributed by atoms with Gasteiger partial charge in [0.25, 0.3) is 5.91 Å². The van der Waals surface area contributed by atoms with Crippen molar-refractivity contribution in [1.29, 1.82) is 0 Å². The van der Waals surface area contributed by atoms with Gasteiger partial charge in [0.1, 0.15) is 5.56 Å². The third-order valence-electron chi connectivity index (χ3n) is 4.52. The lowest BCUT2D eigenvalue weighted by atomic mass is 10.1. The second-order valence-electron chi connectivity index (χ2n) is 6.76. The Labute approximate surface area is 190 Å². The van der Waals surface area contributed by atoms with E-state index in [4.69, 9.17) is 4.42 Å². The van der Waals surface area contributed by atoms with Gasteiger partial charge in [-0.15, -0.1) is 11.3 Å². The zero-order chi connectivity index (χ0) is 23.2. The van der Waals surface area contributed by atoms with Crippen molar-refractivity contribution in [2.45, 2.75) is 13.1 Å². The summed E-state index contributed by atoms with van der Waals surface area (Å²) in [5, 5.41) is 13.2. The number of nitrogens with zero attached hydrogens (tertiary/aromatic N) is 1. The maximum atomic E-state index is 13.3. The summed E-state index contributed by atoms with van der Waals surface area (Å²) >= 11 is 4.42. The molecule has 3 heterocycles. The molecule has 4 aromatic rings. The van der Waals surface area contributed by atoms with Gasteiger partial charge in [0.15, 0.2) is 5.76 Å². The van der Waals surface area contributed by atoms with E-state index in [0.29, 0.717) is 10.4 Å². The maximum absolute atomic E-state index is 13.3. The Morgan fingerprint density at radius 1 is 1.19 bits per heavy atom. The van der Waals surface area contributed by atoms with E-state index in [1.54, 1.807) is 24.3 Å². The van der Waals surface area contributed by atoms with Gasteiger partial charge in [-0.2, -0.15) is 13.2 Å². The van der Waals surface area contributed by atoms with E-state index in [-0.39, 0.29) is 28.0 Å². The number of carbonyl (C=O) groups excluding carboxylic acids is 1. The number of furan rings is 1. The van der Waals surface area contributed by atoms with Gasteiger partial charge in [-0.3, -0.25) is 4.79 Å². The average molecular weight is 525 g/mol. The molecule has 2 N–H and O–H groups in total. The molecule has 0 atom stereocenters. The molecule has 1 amide bonds. The number of hydrogen-bond acceptors (Lipinski definition) is 5. The van der Waals surface area contributed by atoms with Crippen LogP contribution in [0.2, 0.25) is 0 Å². The molecule has 0 unspecified atom stereocenters. The van der Waals surface area contributed by atoms with E-state index in [0.717, 1.165) is 27.9 Å². The standard InChI is InChI=1S/C21H12BrF3N2O4S/c1-9-6-13(21(23,24)25)12-7-15(31-19(12)26-9)18(28)27-14-8-32-17(16(14)20(29)30)10-2-4-11(22)5-3-10/h2-8H,1H3,(H,27,28)(H,29,30). The zero-order valence-electron chi connectivity index (χ0n) is 16.1. The van der Waals surface area contributed by atoms with Crippen LogP contribution in [0.25, 0.3) is 21.5 Å². The fourth-order valence-electron chi connectivity index (χ4n) is 3.14. The van der Waals surface area contributed by atoms with Crippen molar-refractivity contribution < 1.29 is 32.3 Å². The number of aryl methyl sites for hydroxylation is 1. The third kappa shape index (κ3) is 4.13. The Morgan fingerprint density at radius 3 is 2.50 bits per heavy atom. The van der Waals surface area contributed by atoms with E-state index < -0.39 is 29.4 Å². The molecular formula is C21H12BrF3N2O4S. The van der Waals surface area contributed by atoms with Crippen molar-refractivity contribution in [2.24, 2.45) is 0 Å². The van der Waals surface area contributed by atoms with E-state index in [2.05, 4.69) is 26.2 Å². The van der Waals surface area contributed by atoms with Crippen LogP contribution >= 0.6 is 27.3 Å². The normalized spacial score (nSPS) is 11.7. The Bertz CT molecular complexity index is 1360. The van der Waals surface area contributed by atoms with Crippen LogP contribution in [0, 0.1) is 6.92 Å². The fourth-order valence-corrected chi connectivity index (χ4v) is 4.41. The lowest BCUT2D eigenvalue weighted by molar-refractivity contribution is -0.136. The lowest BCUT2D eigenvalue weighted by Gasteiger charge is -2.07. The van der Waals surface area contributed by atoms with Gasteiger partial charge in [-0.05, 0) is 36.8 Å². The van der Waals surface area contributed by atoms with E-state index >= 15 is 0 Å². The summed E-state index contributed by atoms with van der Waals surface area (Å²) in [7, 11) is 0. The van der Waals surface area contributed by atoms with Crippen LogP contribution in [-0.4, -0.2) is 22.0 Å².